The van der Waals surface area contributed by atoms with Crippen molar-refractivity contribution < 1.29 is 14.3 Å². The van der Waals surface area contributed by atoms with E-state index in [1.54, 1.807) is 30.3 Å². The first kappa shape index (κ1) is 19.5. The number of amides is 1. The fraction of sp³-hybridized carbons (Fsp3) is 0.200. The Kier molecular flexibility index (Phi) is 5.95. The number of hydrogen-bond acceptors (Lipinski definition) is 4. The Hall–Kier alpha value is -3.78. The maximum absolute atomic E-state index is 12.5. The van der Waals surface area contributed by atoms with Crippen LogP contribution in [-0.2, 0) is 19.4 Å². The first-order chi connectivity index (χ1) is 14.7. The van der Waals surface area contributed by atoms with Crippen LogP contribution in [0.3, 0.4) is 0 Å². The monoisotopic (exact) mass is 398 g/mol. The lowest BCUT2D eigenvalue weighted by atomic mass is 10.1. The molecule has 1 aliphatic rings. The minimum absolute atomic E-state index is 0.0975. The quantitative estimate of drug-likeness (QED) is 0.652. The molecule has 0 atom stereocenters. The molecule has 3 aromatic rings. The van der Waals surface area contributed by atoms with Crippen LogP contribution in [0.15, 0.2) is 66.7 Å². The molecule has 150 valence electrons. The number of benzene rings is 3. The number of fused-ring (bicyclic) bond motifs is 1. The van der Waals surface area contributed by atoms with Gasteiger partial charge in [-0.2, -0.15) is 5.26 Å². The molecule has 4 rings (SSSR count). The molecule has 1 aliphatic heterocycles. The zero-order valence-electron chi connectivity index (χ0n) is 16.6. The Bertz CT molecular complexity index is 1080. The van der Waals surface area contributed by atoms with Gasteiger partial charge in [0.2, 0.25) is 0 Å². The van der Waals surface area contributed by atoms with Gasteiger partial charge in [0.15, 0.2) is 0 Å². The molecule has 0 saturated carbocycles. The normalized spacial score (nSPS) is 11.8. The molecule has 0 bridgehead atoms. The molecular weight excluding hydrogens is 376 g/mol. The van der Waals surface area contributed by atoms with Crippen LogP contribution in [0.5, 0.6) is 11.5 Å². The van der Waals surface area contributed by atoms with Gasteiger partial charge >= 0.3 is 0 Å². The third-order valence-corrected chi connectivity index (χ3v) is 5.03. The van der Waals surface area contributed by atoms with Crippen LogP contribution in [0.4, 0.5) is 0 Å². The number of nitrogens with one attached hydrogen (secondary N) is 1. The van der Waals surface area contributed by atoms with E-state index in [-0.39, 0.29) is 5.91 Å². The summed E-state index contributed by atoms with van der Waals surface area (Å²) in [6, 6.07) is 22.7. The summed E-state index contributed by atoms with van der Waals surface area (Å²) >= 11 is 0. The zero-order chi connectivity index (χ0) is 20.8. The second-order valence-electron chi connectivity index (χ2n) is 7.17. The molecule has 0 fully saturated rings. The summed E-state index contributed by atoms with van der Waals surface area (Å²) in [5.74, 6) is 1.56. The third kappa shape index (κ3) is 4.79. The molecule has 0 radical (unpaired) electrons. The zero-order valence-corrected chi connectivity index (χ0v) is 16.6. The lowest BCUT2D eigenvalue weighted by Crippen LogP contribution is -2.25. The lowest BCUT2D eigenvalue weighted by Gasteiger charge is -2.09. The molecule has 3 aromatic carbocycles. The van der Waals surface area contributed by atoms with Gasteiger partial charge in [0, 0.05) is 18.5 Å². The van der Waals surface area contributed by atoms with Crippen LogP contribution in [0.25, 0.3) is 0 Å². The number of ether oxygens (including phenoxy) is 2. The molecule has 0 aromatic heterocycles. The van der Waals surface area contributed by atoms with Crippen molar-refractivity contribution in [2.45, 2.75) is 19.4 Å². The van der Waals surface area contributed by atoms with Crippen LogP contribution in [0.2, 0.25) is 0 Å². The highest BCUT2D eigenvalue weighted by molar-refractivity contribution is 5.94. The SMILES string of the molecule is N#Cc1ccc(OCc2cccc(C(=O)NCCc3ccc4c(c3)CCO4)c2)cc1. The van der Waals surface area contributed by atoms with Crippen molar-refractivity contribution >= 4 is 5.91 Å². The van der Waals surface area contributed by atoms with E-state index in [2.05, 4.69) is 23.5 Å². The van der Waals surface area contributed by atoms with Crippen molar-refractivity contribution in [1.82, 2.24) is 5.32 Å². The molecule has 0 unspecified atom stereocenters. The predicted molar refractivity (Wildman–Crippen MR) is 114 cm³/mol. The van der Waals surface area contributed by atoms with Crippen LogP contribution >= 0.6 is 0 Å². The van der Waals surface area contributed by atoms with E-state index < -0.39 is 0 Å². The minimum atomic E-state index is -0.0975. The van der Waals surface area contributed by atoms with Crippen molar-refractivity contribution in [3.63, 3.8) is 0 Å². The second kappa shape index (κ2) is 9.15. The fourth-order valence-electron chi connectivity index (χ4n) is 3.41. The molecule has 5 heteroatoms. The maximum Gasteiger partial charge on any atom is 0.251 e. The van der Waals surface area contributed by atoms with Gasteiger partial charge in [-0.1, -0.05) is 24.3 Å². The molecule has 30 heavy (non-hydrogen) atoms. The summed E-state index contributed by atoms with van der Waals surface area (Å²) in [6.07, 6.45) is 1.73. The van der Waals surface area contributed by atoms with Gasteiger partial charge in [0.05, 0.1) is 18.2 Å². The summed E-state index contributed by atoms with van der Waals surface area (Å²) in [4.78, 5) is 12.5. The lowest BCUT2D eigenvalue weighted by molar-refractivity contribution is 0.0954. The average molecular weight is 398 g/mol. The van der Waals surface area contributed by atoms with Crippen LogP contribution in [0, 0.1) is 11.3 Å². The van der Waals surface area contributed by atoms with E-state index >= 15 is 0 Å². The Morgan fingerprint density at radius 2 is 1.93 bits per heavy atom. The number of carbonyl (C=O) groups excluding carboxylic acids is 1. The van der Waals surface area contributed by atoms with Crippen molar-refractivity contribution in [3.8, 4) is 17.6 Å². The highest BCUT2D eigenvalue weighted by atomic mass is 16.5. The number of nitrogens with zero attached hydrogens (tertiary/aromatic N) is 1. The highest BCUT2D eigenvalue weighted by Crippen LogP contribution is 2.25. The minimum Gasteiger partial charge on any atom is -0.493 e. The van der Waals surface area contributed by atoms with Crippen LogP contribution in [0.1, 0.15) is 32.6 Å². The maximum atomic E-state index is 12.5. The van der Waals surface area contributed by atoms with Crippen molar-refractivity contribution in [3.05, 3.63) is 94.5 Å². The van der Waals surface area contributed by atoms with Gasteiger partial charge < -0.3 is 14.8 Å². The number of rotatable bonds is 7. The number of hydrogen-bond donors (Lipinski definition) is 1. The van der Waals surface area contributed by atoms with Gasteiger partial charge in [0.1, 0.15) is 18.1 Å². The van der Waals surface area contributed by atoms with E-state index in [9.17, 15) is 4.79 Å². The van der Waals surface area contributed by atoms with Crippen LogP contribution in [-0.4, -0.2) is 19.1 Å². The van der Waals surface area contributed by atoms with Gasteiger partial charge in [-0.25, -0.2) is 0 Å². The van der Waals surface area contributed by atoms with Crippen molar-refractivity contribution in [2.75, 3.05) is 13.2 Å². The van der Waals surface area contributed by atoms with Gasteiger partial charge in [-0.3, -0.25) is 4.79 Å². The largest absolute Gasteiger partial charge is 0.493 e. The molecular formula is C25H22N2O3. The number of carbonyl (C=O) groups is 1. The topological polar surface area (TPSA) is 71.3 Å². The Labute approximate surface area is 175 Å². The number of nitriles is 1. The first-order valence-electron chi connectivity index (χ1n) is 9.96. The van der Waals surface area contributed by atoms with Crippen LogP contribution < -0.4 is 14.8 Å². The van der Waals surface area contributed by atoms with E-state index in [1.807, 2.05) is 24.3 Å². The molecule has 0 saturated heterocycles. The molecule has 1 heterocycles. The highest BCUT2D eigenvalue weighted by Gasteiger charge is 2.12. The summed E-state index contributed by atoms with van der Waals surface area (Å²) < 4.78 is 11.3. The van der Waals surface area contributed by atoms with E-state index in [0.29, 0.717) is 30.0 Å². The average Bonchev–Trinajstić information content (AvgIpc) is 3.26. The summed E-state index contributed by atoms with van der Waals surface area (Å²) in [5.41, 5.74) is 4.55. The molecule has 1 N–H and O–H groups in total. The summed E-state index contributed by atoms with van der Waals surface area (Å²) in [5, 5.41) is 11.8. The summed E-state index contributed by atoms with van der Waals surface area (Å²) in [6.45, 7) is 1.68. The second-order valence-corrected chi connectivity index (χ2v) is 7.17. The molecule has 1 amide bonds. The third-order valence-electron chi connectivity index (χ3n) is 5.03. The van der Waals surface area contributed by atoms with Gasteiger partial charge in [0.25, 0.3) is 5.91 Å². The fourth-order valence-corrected chi connectivity index (χ4v) is 3.41. The summed E-state index contributed by atoms with van der Waals surface area (Å²) in [7, 11) is 0. The molecule has 0 spiro atoms. The predicted octanol–water partition coefficient (Wildman–Crippen LogP) is 4.04. The first-order valence-corrected chi connectivity index (χ1v) is 9.96. The molecule has 0 aliphatic carbocycles. The van der Waals surface area contributed by atoms with Gasteiger partial charge in [-0.15, -0.1) is 0 Å². The standard InChI is InChI=1S/C25H22N2O3/c26-16-19-4-7-23(8-5-19)30-17-20-2-1-3-22(15-20)25(28)27-12-10-18-6-9-24-21(14-18)11-13-29-24/h1-9,14-15H,10-13,17H2,(H,27,28). The molecule has 5 nitrogen and oxygen atoms in total. The van der Waals surface area contributed by atoms with Crippen molar-refractivity contribution in [2.24, 2.45) is 0 Å². The van der Waals surface area contributed by atoms with E-state index in [0.717, 1.165) is 30.8 Å². The Balaban J connectivity index is 1.29. The Morgan fingerprint density at radius 3 is 2.77 bits per heavy atom. The van der Waals surface area contributed by atoms with Gasteiger partial charge in [-0.05, 0) is 65.6 Å². The smallest absolute Gasteiger partial charge is 0.251 e. The van der Waals surface area contributed by atoms with E-state index in [1.165, 1.54) is 11.1 Å². The Morgan fingerprint density at radius 1 is 1.07 bits per heavy atom. The van der Waals surface area contributed by atoms with E-state index in [4.69, 9.17) is 14.7 Å². The van der Waals surface area contributed by atoms with Crippen molar-refractivity contribution in [1.29, 1.82) is 5.26 Å².